The van der Waals surface area contributed by atoms with Gasteiger partial charge in [-0.1, -0.05) is 13.8 Å². The first-order valence-corrected chi connectivity index (χ1v) is 9.89. The molecule has 0 radical (unpaired) electrons. The van der Waals surface area contributed by atoms with Gasteiger partial charge in [0.15, 0.2) is 0 Å². The molecule has 1 aromatic rings. The maximum atomic E-state index is 12.4. The van der Waals surface area contributed by atoms with Crippen LogP contribution in [0.1, 0.15) is 25.6 Å². The van der Waals surface area contributed by atoms with Crippen molar-refractivity contribution in [1.82, 2.24) is 14.9 Å². The molecule has 1 aromatic heterocycles. The van der Waals surface area contributed by atoms with Gasteiger partial charge in [0.05, 0.1) is 3.79 Å². The lowest BCUT2D eigenvalue weighted by Gasteiger charge is -2.18. The highest BCUT2D eigenvalue weighted by molar-refractivity contribution is 9.11. The van der Waals surface area contributed by atoms with E-state index < -0.39 is 10.0 Å². The fraction of sp³-hybridized carbons (Fsp3) is 0.692. The van der Waals surface area contributed by atoms with Crippen molar-refractivity contribution in [3.05, 3.63) is 14.7 Å². The molecule has 1 heterocycles. The predicted molar refractivity (Wildman–Crippen MR) is 92.3 cm³/mol. The van der Waals surface area contributed by atoms with Gasteiger partial charge in [0, 0.05) is 30.1 Å². The topological polar surface area (TPSA) is 61.4 Å². The van der Waals surface area contributed by atoms with Crippen LogP contribution in [0.25, 0.3) is 0 Å². The lowest BCUT2D eigenvalue weighted by atomic mass is 10.3. The Morgan fingerprint density at radius 2 is 1.95 bits per heavy atom. The minimum atomic E-state index is -3.49. The van der Waals surface area contributed by atoms with Gasteiger partial charge >= 0.3 is 0 Å². The van der Waals surface area contributed by atoms with Crippen LogP contribution in [0.4, 0.5) is 0 Å². The molecule has 1 unspecified atom stereocenters. The smallest absolute Gasteiger partial charge is 0.242 e. The summed E-state index contributed by atoms with van der Waals surface area (Å²) in [4.78, 5) is 3.27. The summed E-state index contributed by atoms with van der Waals surface area (Å²) in [7, 11) is 0.341. The molecule has 0 saturated carbocycles. The summed E-state index contributed by atoms with van der Waals surface area (Å²) in [6, 6.07) is 1.95. The third kappa shape index (κ3) is 6.33. The van der Waals surface area contributed by atoms with E-state index in [1.807, 2.05) is 25.9 Å². The lowest BCUT2D eigenvalue weighted by Crippen LogP contribution is -2.39. The van der Waals surface area contributed by atoms with Gasteiger partial charge in [0.2, 0.25) is 10.0 Å². The quantitative estimate of drug-likeness (QED) is 0.705. The van der Waals surface area contributed by atoms with E-state index in [0.29, 0.717) is 27.8 Å². The van der Waals surface area contributed by atoms with Gasteiger partial charge in [0.1, 0.15) is 4.90 Å². The Balaban J connectivity index is 2.83. The monoisotopic (exact) mass is 397 g/mol. The van der Waals surface area contributed by atoms with Crippen molar-refractivity contribution in [2.75, 3.05) is 20.6 Å². The second-order valence-corrected chi connectivity index (χ2v) is 9.81. The Morgan fingerprint density at radius 1 is 1.33 bits per heavy atom. The van der Waals surface area contributed by atoms with Crippen LogP contribution in [0, 0.1) is 0 Å². The van der Waals surface area contributed by atoms with Crippen molar-refractivity contribution >= 4 is 37.3 Å². The predicted octanol–water partition coefficient (Wildman–Crippen LogP) is 2.24. The summed E-state index contributed by atoms with van der Waals surface area (Å²) in [5.74, 6) is 0. The van der Waals surface area contributed by atoms with Gasteiger partial charge < -0.3 is 10.2 Å². The Morgan fingerprint density at radius 3 is 2.48 bits per heavy atom. The van der Waals surface area contributed by atoms with Gasteiger partial charge in [-0.2, -0.15) is 0 Å². The molecule has 0 bridgehead atoms. The van der Waals surface area contributed by atoms with Crippen LogP contribution < -0.4 is 10.0 Å². The van der Waals surface area contributed by atoms with Gasteiger partial charge in [-0.25, -0.2) is 13.1 Å². The average molecular weight is 398 g/mol. The molecule has 0 saturated heterocycles. The molecule has 0 aliphatic carbocycles. The minimum Gasteiger partial charge on any atom is -0.310 e. The van der Waals surface area contributed by atoms with Crippen molar-refractivity contribution in [2.24, 2.45) is 0 Å². The summed E-state index contributed by atoms with van der Waals surface area (Å²) < 4.78 is 28.2. The fourth-order valence-corrected chi connectivity index (χ4v) is 5.75. The van der Waals surface area contributed by atoms with E-state index in [1.54, 1.807) is 6.07 Å². The molecule has 1 atom stereocenters. The maximum Gasteiger partial charge on any atom is 0.242 e. The molecule has 0 amide bonds. The van der Waals surface area contributed by atoms with Crippen LogP contribution in [0.5, 0.6) is 0 Å². The second-order valence-electron chi connectivity index (χ2n) is 5.67. The van der Waals surface area contributed by atoms with E-state index in [1.165, 1.54) is 11.3 Å². The van der Waals surface area contributed by atoms with Crippen molar-refractivity contribution in [1.29, 1.82) is 0 Å². The van der Waals surface area contributed by atoms with Crippen LogP contribution >= 0.6 is 27.3 Å². The molecular formula is C13H24BrN3O2S2. The Hall–Kier alpha value is 0.01000. The number of nitrogens with zero attached hydrogens (tertiary/aromatic N) is 1. The first kappa shape index (κ1) is 19.1. The number of thiophene rings is 1. The zero-order chi connectivity index (χ0) is 16.2. The summed E-state index contributed by atoms with van der Waals surface area (Å²) in [6.45, 7) is 7.31. The molecule has 122 valence electrons. The third-order valence-corrected chi connectivity index (χ3v) is 6.52. The summed E-state index contributed by atoms with van der Waals surface area (Å²) >= 11 is 4.81. The zero-order valence-corrected chi connectivity index (χ0v) is 16.3. The molecule has 8 heteroatoms. The van der Waals surface area contributed by atoms with Gasteiger partial charge in [-0.3, -0.25) is 0 Å². The number of nitrogens with one attached hydrogen (secondary N) is 2. The molecule has 5 nitrogen and oxygen atoms in total. The number of likely N-dealkylation sites (N-methyl/N-ethyl adjacent to an activating group) is 1. The molecule has 1 rings (SSSR count). The molecule has 0 aliphatic heterocycles. The zero-order valence-electron chi connectivity index (χ0n) is 13.1. The van der Waals surface area contributed by atoms with Crippen molar-refractivity contribution in [3.8, 4) is 0 Å². The van der Waals surface area contributed by atoms with Gasteiger partial charge in [-0.05, 0) is 43.0 Å². The molecular weight excluding hydrogens is 374 g/mol. The van der Waals surface area contributed by atoms with Crippen LogP contribution in [0.15, 0.2) is 14.7 Å². The number of sulfonamides is 1. The van der Waals surface area contributed by atoms with Crippen LogP contribution in [0.2, 0.25) is 0 Å². The lowest BCUT2D eigenvalue weighted by molar-refractivity contribution is 0.370. The number of hydrogen-bond donors (Lipinski definition) is 2. The van der Waals surface area contributed by atoms with E-state index in [9.17, 15) is 8.42 Å². The first-order chi connectivity index (χ1) is 9.61. The normalized spacial score (nSPS) is 14.1. The van der Waals surface area contributed by atoms with E-state index in [-0.39, 0.29) is 6.04 Å². The summed E-state index contributed by atoms with van der Waals surface area (Å²) in [5.41, 5.74) is 0. The standard InChI is InChI=1S/C13H24BrN3O2S2/c1-9(2)15-7-11-6-12(13(14)20-11)21(18,19)16-10(3)8-17(4)5/h6,9-10,15-16H,7-8H2,1-5H3. The molecule has 0 aliphatic rings. The van der Waals surface area contributed by atoms with E-state index in [4.69, 9.17) is 0 Å². The number of hydrogen-bond acceptors (Lipinski definition) is 5. The Kier molecular flexibility index (Phi) is 7.29. The summed E-state index contributed by atoms with van der Waals surface area (Å²) in [5, 5.41) is 3.29. The van der Waals surface area contributed by atoms with E-state index in [0.717, 1.165) is 4.88 Å². The van der Waals surface area contributed by atoms with E-state index >= 15 is 0 Å². The SMILES string of the molecule is CC(C)NCc1cc(S(=O)(=O)NC(C)CN(C)C)c(Br)s1. The third-order valence-electron chi connectivity index (χ3n) is 2.68. The minimum absolute atomic E-state index is 0.144. The Labute approximate surface area is 140 Å². The molecule has 0 fully saturated rings. The van der Waals surface area contributed by atoms with Gasteiger partial charge in [0.25, 0.3) is 0 Å². The second kappa shape index (κ2) is 8.03. The fourth-order valence-electron chi connectivity index (χ4n) is 1.89. The van der Waals surface area contributed by atoms with E-state index in [2.05, 4.69) is 39.8 Å². The first-order valence-electron chi connectivity index (χ1n) is 6.80. The van der Waals surface area contributed by atoms with Gasteiger partial charge in [-0.15, -0.1) is 11.3 Å². The number of halogens is 1. The largest absolute Gasteiger partial charge is 0.310 e. The molecule has 21 heavy (non-hydrogen) atoms. The van der Waals surface area contributed by atoms with Crippen molar-refractivity contribution in [2.45, 2.75) is 44.3 Å². The maximum absolute atomic E-state index is 12.4. The number of rotatable bonds is 8. The highest BCUT2D eigenvalue weighted by Crippen LogP contribution is 2.31. The Bertz CT molecular complexity index is 556. The van der Waals surface area contributed by atoms with Crippen molar-refractivity contribution < 1.29 is 8.42 Å². The molecule has 2 N–H and O–H groups in total. The van der Waals surface area contributed by atoms with Crippen LogP contribution in [-0.4, -0.2) is 46.0 Å². The molecule has 0 aromatic carbocycles. The highest BCUT2D eigenvalue weighted by atomic mass is 79.9. The van der Waals surface area contributed by atoms with Crippen molar-refractivity contribution in [3.63, 3.8) is 0 Å². The summed E-state index contributed by atoms with van der Waals surface area (Å²) in [6.07, 6.45) is 0. The van der Waals surface area contributed by atoms with Crippen LogP contribution in [-0.2, 0) is 16.6 Å². The molecule has 0 spiro atoms. The highest BCUT2D eigenvalue weighted by Gasteiger charge is 2.23. The van der Waals surface area contributed by atoms with Crippen LogP contribution in [0.3, 0.4) is 0 Å². The average Bonchev–Trinajstić information content (AvgIpc) is 2.66.